The quantitative estimate of drug-likeness (QED) is 0.554. The summed E-state index contributed by atoms with van der Waals surface area (Å²) < 4.78 is 5.07. The van der Waals surface area contributed by atoms with Crippen molar-refractivity contribution in [3.8, 4) is 5.75 Å². The van der Waals surface area contributed by atoms with Crippen LogP contribution in [0.4, 0.5) is 0 Å². The molecule has 0 aliphatic heterocycles. The molecule has 0 radical (unpaired) electrons. The Morgan fingerprint density at radius 2 is 1.65 bits per heavy atom. The number of rotatable bonds is 6. The molecular formula is C17H17NO5. The van der Waals surface area contributed by atoms with Crippen molar-refractivity contribution in [2.75, 3.05) is 0 Å². The molecule has 2 unspecified atom stereocenters. The Labute approximate surface area is 133 Å². The molecule has 2 aromatic rings. The molecule has 4 N–H and O–H groups in total. The van der Waals surface area contributed by atoms with Gasteiger partial charge in [-0.05, 0) is 23.3 Å². The Bertz CT molecular complexity index is 669. The summed E-state index contributed by atoms with van der Waals surface area (Å²) in [5.74, 6) is -3.76. The van der Waals surface area contributed by atoms with Crippen molar-refractivity contribution in [1.82, 2.24) is 0 Å². The fraction of sp³-hybridized carbons (Fsp3) is 0.176. The number of esters is 1. The van der Waals surface area contributed by atoms with Gasteiger partial charge in [-0.1, -0.05) is 42.5 Å². The topological polar surface area (TPSA) is 110 Å². The van der Waals surface area contributed by atoms with Gasteiger partial charge in [-0.25, -0.2) is 0 Å². The number of carbonyl (C=O) groups is 2. The Kier molecular flexibility index (Phi) is 5.32. The first-order valence-electron chi connectivity index (χ1n) is 6.97. The van der Waals surface area contributed by atoms with E-state index in [4.69, 9.17) is 10.5 Å². The van der Waals surface area contributed by atoms with Crippen molar-refractivity contribution in [1.29, 1.82) is 0 Å². The highest BCUT2D eigenvalue weighted by molar-refractivity contribution is 5.95. The second-order valence-corrected chi connectivity index (χ2v) is 5.03. The first-order chi connectivity index (χ1) is 11.0. The molecule has 0 saturated carbocycles. The van der Waals surface area contributed by atoms with Gasteiger partial charge in [-0.2, -0.15) is 0 Å². The van der Waals surface area contributed by atoms with E-state index in [1.54, 1.807) is 24.3 Å². The third-order valence-electron chi connectivity index (χ3n) is 3.38. The minimum Gasteiger partial charge on any atom is -0.508 e. The lowest BCUT2D eigenvalue weighted by atomic mass is 9.94. The zero-order valence-electron chi connectivity index (χ0n) is 12.3. The highest BCUT2D eigenvalue weighted by Crippen LogP contribution is 2.23. The summed E-state index contributed by atoms with van der Waals surface area (Å²) in [6, 6.07) is 13.6. The SMILES string of the molecule is NC(c1ccc(O)cc1)C(C(=O)O)C(=O)OCc1ccccc1. The third kappa shape index (κ3) is 4.31. The van der Waals surface area contributed by atoms with Gasteiger partial charge < -0.3 is 20.7 Å². The second kappa shape index (κ2) is 7.42. The van der Waals surface area contributed by atoms with E-state index in [1.807, 2.05) is 6.07 Å². The number of aromatic hydroxyl groups is 1. The molecule has 120 valence electrons. The average molecular weight is 315 g/mol. The molecule has 0 aliphatic carbocycles. The molecule has 0 spiro atoms. The number of hydrogen-bond acceptors (Lipinski definition) is 5. The highest BCUT2D eigenvalue weighted by Gasteiger charge is 2.35. The summed E-state index contributed by atoms with van der Waals surface area (Å²) >= 11 is 0. The van der Waals surface area contributed by atoms with E-state index >= 15 is 0 Å². The first kappa shape index (κ1) is 16.5. The van der Waals surface area contributed by atoms with Crippen LogP contribution in [0.15, 0.2) is 54.6 Å². The third-order valence-corrected chi connectivity index (χ3v) is 3.38. The average Bonchev–Trinajstić information content (AvgIpc) is 2.54. The van der Waals surface area contributed by atoms with Crippen LogP contribution >= 0.6 is 0 Å². The Hall–Kier alpha value is -2.86. The predicted molar refractivity (Wildman–Crippen MR) is 82.4 cm³/mol. The van der Waals surface area contributed by atoms with Crippen molar-refractivity contribution in [2.24, 2.45) is 11.7 Å². The molecule has 0 saturated heterocycles. The number of carboxylic acid groups (broad SMARTS) is 1. The molecule has 0 fully saturated rings. The normalized spacial score (nSPS) is 13.1. The number of phenols is 1. The van der Waals surface area contributed by atoms with Crippen LogP contribution in [0.25, 0.3) is 0 Å². The van der Waals surface area contributed by atoms with Crippen LogP contribution in [0.2, 0.25) is 0 Å². The summed E-state index contributed by atoms with van der Waals surface area (Å²) in [5, 5.41) is 18.6. The maximum absolute atomic E-state index is 12.1. The van der Waals surface area contributed by atoms with Gasteiger partial charge in [-0.3, -0.25) is 9.59 Å². The summed E-state index contributed by atoms with van der Waals surface area (Å²) in [7, 11) is 0. The highest BCUT2D eigenvalue weighted by atomic mass is 16.5. The van der Waals surface area contributed by atoms with Crippen LogP contribution in [0.1, 0.15) is 17.2 Å². The van der Waals surface area contributed by atoms with Crippen molar-refractivity contribution < 1.29 is 24.5 Å². The number of nitrogens with two attached hydrogens (primary N) is 1. The molecule has 2 aromatic carbocycles. The summed E-state index contributed by atoms with van der Waals surface area (Å²) in [6.07, 6.45) is 0. The van der Waals surface area contributed by atoms with Gasteiger partial charge in [0.1, 0.15) is 12.4 Å². The van der Waals surface area contributed by atoms with E-state index in [9.17, 15) is 19.8 Å². The van der Waals surface area contributed by atoms with E-state index in [1.165, 1.54) is 24.3 Å². The van der Waals surface area contributed by atoms with Crippen LogP contribution < -0.4 is 5.73 Å². The fourth-order valence-electron chi connectivity index (χ4n) is 2.11. The van der Waals surface area contributed by atoms with Gasteiger partial charge >= 0.3 is 11.9 Å². The van der Waals surface area contributed by atoms with Crippen molar-refractivity contribution in [3.63, 3.8) is 0 Å². The van der Waals surface area contributed by atoms with Crippen LogP contribution in [0, 0.1) is 5.92 Å². The van der Waals surface area contributed by atoms with Gasteiger partial charge in [-0.15, -0.1) is 0 Å². The number of phenolic OH excluding ortho intramolecular Hbond substituents is 1. The zero-order chi connectivity index (χ0) is 16.8. The lowest BCUT2D eigenvalue weighted by Gasteiger charge is -2.19. The van der Waals surface area contributed by atoms with Gasteiger partial charge in [0.15, 0.2) is 5.92 Å². The van der Waals surface area contributed by atoms with E-state index in [-0.39, 0.29) is 12.4 Å². The van der Waals surface area contributed by atoms with E-state index in [0.29, 0.717) is 5.56 Å². The molecule has 0 amide bonds. The van der Waals surface area contributed by atoms with E-state index in [2.05, 4.69) is 0 Å². The van der Waals surface area contributed by atoms with E-state index in [0.717, 1.165) is 5.56 Å². The van der Waals surface area contributed by atoms with Gasteiger partial charge in [0, 0.05) is 0 Å². The molecule has 23 heavy (non-hydrogen) atoms. The smallest absolute Gasteiger partial charge is 0.322 e. The minimum absolute atomic E-state index is 0.0221. The molecule has 0 bridgehead atoms. The monoisotopic (exact) mass is 315 g/mol. The number of carbonyl (C=O) groups excluding carboxylic acids is 1. The van der Waals surface area contributed by atoms with Crippen LogP contribution in [0.3, 0.4) is 0 Å². The molecular weight excluding hydrogens is 298 g/mol. The number of aliphatic carboxylic acids is 1. The Morgan fingerprint density at radius 1 is 1.04 bits per heavy atom. The minimum atomic E-state index is -1.52. The number of hydrogen-bond donors (Lipinski definition) is 3. The van der Waals surface area contributed by atoms with Crippen LogP contribution in [-0.4, -0.2) is 22.2 Å². The Balaban J connectivity index is 2.09. The molecule has 0 heterocycles. The molecule has 0 aromatic heterocycles. The molecule has 6 heteroatoms. The summed E-state index contributed by atoms with van der Waals surface area (Å²) in [4.78, 5) is 23.5. The molecule has 0 aliphatic rings. The maximum Gasteiger partial charge on any atom is 0.322 e. The first-order valence-corrected chi connectivity index (χ1v) is 6.97. The standard InChI is InChI=1S/C17H17NO5/c18-15(12-6-8-13(19)9-7-12)14(16(20)21)17(22)23-10-11-4-2-1-3-5-11/h1-9,14-15,19H,10,18H2,(H,20,21). The number of carboxylic acids is 1. The Morgan fingerprint density at radius 3 is 2.22 bits per heavy atom. The molecule has 6 nitrogen and oxygen atoms in total. The lowest BCUT2D eigenvalue weighted by Crippen LogP contribution is -2.35. The van der Waals surface area contributed by atoms with Gasteiger partial charge in [0.25, 0.3) is 0 Å². The van der Waals surface area contributed by atoms with Gasteiger partial charge in [0.05, 0.1) is 6.04 Å². The second-order valence-electron chi connectivity index (χ2n) is 5.03. The zero-order valence-corrected chi connectivity index (χ0v) is 12.3. The molecule has 2 rings (SSSR count). The predicted octanol–water partition coefficient (Wildman–Crippen LogP) is 1.84. The summed E-state index contributed by atoms with van der Waals surface area (Å²) in [5.41, 5.74) is 7.07. The van der Waals surface area contributed by atoms with Gasteiger partial charge in [0.2, 0.25) is 0 Å². The summed E-state index contributed by atoms with van der Waals surface area (Å²) in [6.45, 7) is -0.0221. The van der Waals surface area contributed by atoms with Crippen molar-refractivity contribution in [3.05, 3.63) is 65.7 Å². The number of benzene rings is 2. The maximum atomic E-state index is 12.1. The van der Waals surface area contributed by atoms with Crippen molar-refractivity contribution in [2.45, 2.75) is 12.6 Å². The largest absolute Gasteiger partial charge is 0.508 e. The lowest BCUT2D eigenvalue weighted by molar-refractivity contribution is -0.160. The number of ether oxygens (including phenoxy) is 1. The van der Waals surface area contributed by atoms with Crippen LogP contribution in [-0.2, 0) is 20.9 Å². The van der Waals surface area contributed by atoms with E-state index < -0.39 is 23.9 Å². The van der Waals surface area contributed by atoms with Crippen LogP contribution in [0.5, 0.6) is 5.75 Å². The molecule has 2 atom stereocenters. The fourth-order valence-corrected chi connectivity index (χ4v) is 2.11. The van der Waals surface area contributed by atoms with Crippen molar-refractivity contribution >= 4 is 11.9 Å².